The van der Waals surface area contributed by atoms with Crippen LogP contribution in [0.15, 0.2) is 4.21 Å². The Bertz CT molecular complexity index is 530. The van der Waals surface area contributed by atoms with Crippen LogP contribution >= 0.6 is 23.7 Å². The van der Waals surface area contributed by atoms with Gasteiger partial charge in [-0.15, -0.1) is 23.7 Å². The highest BCUT2D eigenvalue weighted by Crippen LogP contribution is 2.23. The van der Waals surface area contributed by atoms with Crippen LogP contribution in [0.4, 0.5) is 0 Å². The van der Waals surface area contributed by atoms with Crippen LogP contribution < -0.4 is 10.0 Å². The maximum Gasteiger partial charge on any atom is 0.252 e. The van der Waals surface area contributed by atoms with E-state index in [0.29, 0.717) is 15.9 Å². The molecular weight excluding hydrogens is 306 g/mol. The summed E-state index contributed by atoms with van der Waals surface area (Å²) in [5.74, 6) is 0. The van der Waals surface area contributed by atoms with Gasteiger partial charge in [-0.1, -0.05) is 0 Å². The molecule has 110 valence electrons. The maximum absolute atomic E-state index is 12.3. The standard InChI is InChI=1S/C11H19N3O2S2.ClH/c1-7-6-10(4-5-12-7)14-18(15,16)11-8(2)13-9(3)17-11;/h7,10,12,14H,4-6H2,1-3H3;1H. The number of sulfonamides is 1. The lowest BCUT2D eigenvalue weighted by molar-refractivity contribution is 0.361. The molecule has 2 rings (SSSR count). The van der Waals surface area contributed by atoms with Crippen LogP contribution in [-0.4, -0.2) is 32.0 Å². The van der Waals surface area contributed by atoms with E-state index in [0.717, 1.165) is 24.4 Å². The van der Waals surface area contributed by atoms with E-state index >= 15 is 0 Å². The molecule has 0 radical (unpaired) electrons. The van der Waals surface area contributed by atoms with Crippen molar-refractivity contribution >= 4 is 33.8 Å². The lowest BCUT2D eigenvalue weighted by Gasteiger charge is -2.28. The van der Waals surface area contributed by atoms with Crippen molar-refractivity contribution in [2.45, 2.75) is 49.9 Å². The summed E-state index contributed by atoms with van der Waals surface area (Å²) in [5.41, 5.74) is 0.590. The van der Waals surface area contributed by atoms with Crippen LogP contribution in [-0.2, 0) is 10.0 Å². The van der Waals surface area contributed by atoms with Crippen molar-refractivity contribution in [1.29, 1.82) is 0 Å². The zero-order valence-electron chi connectivity index (χ0n) is 11.3. The van der Waals surface area contributed by atoms with Crippen molar-refractivity contribution < 1.29 is 8.42 Å². The van der Waals surface area contributed by atoms with Crippen molar-refractivity contribution in [2.24, 2.45) is 0 Å². The average Bonchev–Trinajstić information content (AvgIpc) is 2.58. The van der Waals surface area contributed by atoms with Gasteiger partial charge < -0.3 is 5.32 Å². The zero-order chi connectivity index (χ0) is 13.3. The molecule has 1 saturated heterocycles. The molecule has 2 atom stereocenters. The minimum Gasteiger partial charge on any atom is -0.314 e. The van der Waals surface area contributed by atoms with E-state index in [-0.39, 0.29) is 18.4 Å². The van der Waals surface area contributed by atoms with Gasteiger partial charge in [-0.05, 0) is 40.2 Å². The third-order valence-electron chi connectivity index (χ3n) is 3.05. The molecule has 1 aromatic rings. The van der Waals surface area contributed by atoms with Crippen LogP contribution in [0.25, 0.3) is 0 Å². The fourth-order valence-electron chi connectivity index (χ4n) is 2.27. The number of rotatable bonds is 3. The highest BCUT2D eigenvalue weighted by molar-refractivity contribution is 7.91. The summed E-state index contributed by atoms with van der Waals surface area (Å²) in [6, 6.07) is 0.379. The van der Waals surface area contributed by atoms with E-state index in [1.165, 1.54) is 11.3 Å². The van der Waals surface area contributed by atoms with Gasteiger partial charge in [-0.3, -0.25) is 0 Å². The first-order valence-electron chi connectivity index (χ1n) is 6.08. The molecule has 0 spiro atoms. The monoisotopic (exact) mass is 325 g/mol. The number of aromatic nitrogens is 1. The molecule has 19 heavy (non-hydrogen) atoms. The first-order chi connectivity index (χ1) is 8.38. The van der Waals surface area contributed by atoms with Crippen molar-refractivity contribution in [3.05, 3.63) is 10.7 Å². The molecule has 2 unspecified atom stereocenters. The fraction of sp³-hybridized carbons (Fsp3) is 0.727. The van der Waals surface area contributed by atoms with Crippen molar-refractivity contribution in [1.82, 2.24) is 15.0 Å². The van der Waals surface area contributed by atoms with Crippen molar-refractivity contribution in [3.8, 4) is 0 Å². The van der Waals surface area contributed by atoms with E-state index in [1.54, 1.807) is 6.92 Å². The Balaban J connectivity index is 0.00000180. The number of thiazole rings is 1. The van der Waals surface area contributed by atoms with Gasteiger partial charge in [0.05, 0.1) is 10.7 Å². The molecule has 2 heterocycles. The van der Waals surface area contributed by atoms with E-state index in [2.05, 4.69) is 21.9 Å². The van der Waals surface area contributed by atoms with E-state index < -0.39 is 10.0 Å². The topological polar surface area (TPSA) is 71.1 Å². The second-order valence-corrected chi connectivity index (χ2v) is 7.92. The molecule has 2 N–H and O–H groups in total. The number of hydrogen-bond acceptors (Lipinski definition) is 5. The van der Waals surface area contributed by atoms with Gasteiger partial charge in [-0.25, -0.2) is 18.1 Å². The summed E-state index contributed by atoms with van der Waals surface area (Å²) in [4.78, 5) is 4.17. The van der Waals surface area contributed by atoms with Crippen LogP contribution in [0.1, 0.15) is 30.5 Å². The molecule has 0 aromatic carbocycles. The SMILES string of the molecule is Cc1nc(C)c(S(=O)(=O)NC2CCNC(C)C2)s1.Cl. The molecule has 0 saturated carbocycles. The normalized spacial score (nSPS) is 23.9. The molecule has 0 aliphatic carbocycles. The Morgan fingerprint density at radius 1 is 1.42 bits per heavy atom. The van der Waals surface area contributed by atoms with Crippen LogP contribution in [0.5, 0.6) is 0 Å². The number of nitrogens with zero attached hydrogens (tertiary/aromatic N) is 1. The van der Waals surface area contributed by atoms with Gasteiger partial charge >= 0.3 is 0 Å². The first kappa shape index (κ1) is 16.8. The average molecular weight is 326 g/mol. The number of nitrogens with one attached hydrogen (secondary N) is 2. The van der Waals surface area contributed by atoms with Crippen LogP contribution in [0.2, 0.25) is 0 Å². The van der Waals surface area contributed by atoms with Crippen LogP contribution in [0, 0.1) is 13.8 Å². The van der Waals surface area contributed by atoms with E-state index in [9.17, 15) is 8.42 Å². The molecule has 1 aromatic heterocycles. The highest BCUT2D eigenvalue weighted by atomic mass is 35.5. The maximum atomic E-state index is 12.3. The molecular formula is C11H20ClN3O2S2. The minimum atomic E-state index is -3.41. The summed E-state index contributed by atoms with van der Waals surface area (Å²) in [6.07, 6.45) is 1.66. The van der Waals surface area contributed by atoms with Gasteiger partial charge in [0.2, 0.25) is 0 Å². The zero-order valence-corrected chi connectivity index (χ0v) is 13.7. The molecule has 1 aliphatic heterocycles. The Hall–Kier alpha value is -0.210. The molecule has 0 bridgehead atoms. The summed E-state index contributed by atoms with van der Waals surface area (Å²) in [6.45, 7) is 6.49. The van der Waals surface area contributed by atoms with Gasteiger partial charge in [0.25, 0.3) is 10.0 Å². The Labute approximate surface area is 124 Å². The van der Waals surface area contributed by atoms with Gasteiger partial charge in [-0.2, -0.15) is 0 Å². The van der Waals surface area contributed by atoms with E-state index in [1.807, 2.05) is 6.92 Å². The lowest BCUT2D eigenvalue weighted by Crippen LogP contribution is -2.46. The largest absolute Gasteiger partial charge is 0.314 e. The molecule has 1 fully saturated rings. The van der Waals surface area contributed by atoms with Crippen molar-refractivity contribution in [3.63, 3.8) is 0 Å². The summed E-state index contributed by atoms with van der Waals surface area (Å²) < 4.78 is 27.7. The van der Waals surface area contributed by atoms with Gasteiger partial charge in [0, 0.05) is 12.1 Å². The smallest absolute Gasteiger partial charge is 0.252 e. The van der Waals surface area contributed by atoms with Gasteiger partial charge in [0.1, 0.15) is 0 Å². The number of halogens is 1. The van der Waals surface area contributed by atoms with Gasteiger partial charge in [0.15, 0.2) is 4.21 Å². The quantitative estimate of drug-likeness (QED) is 0.885. The lowest BCUT2D eigenvalue weighted by atomic mass is 10.0. The molecule has 0 amide bonds. The predicted molar refractivity (Wildman–Crippen MR) is 79.6 cm³/mol. The second-order valence-electron chi connectivity index (χ2n) is 4.80. The third-order valence-corrected chi connectivity index (χ3v) is 6.25. The second kappa shape index (κ2) is 6.49. The molecule has 8 heteroatoms. The van der Waals surface area contributed by atoms with E-state index in [4.69, 9.17) is 0 Å². The Morgan fingerprint density at radius 3 is 2.63 bits per heavy atom. The van der Waals surface area contributed by atoms with Crippen molar-refractivity contribution in [2.75, 3.05) is 6.54 Å². The Morgan fingerprint density at radius 2 is 2.11 bits per heavy atom. The minimum absolute atomic E-state index is 0. The summed E-state index contributed by atoms with van der Waals surface area (Å²) in [5, 5.41) is 4.09. The molecule has 5 nitrogen and oxygen atoms in total. The van der Waals surface area contributed by atoms with Crippen LogP contribution in [0.3, 0.4) is 0 Å². The highest BCUT2D eigenvalue weighted by Gasteiger charge is 2.27. The molecule has 1 aliphatic rings. The Kier molecular flexibility index (Phi) is 5.76. The number of hydrogen-bond donors (Lipinski definition) is 2. The summed E-state index contributed by atoms with van der Waals surface area (Å²) >= 11 is 1.23. The summed E-state index contributed by atoms with van der Waals surface area (Å²) in [7, 11) is -3.41. The first-order valence-corrected chi connectivity index (χ1v) is 8.38. The fourth-order valence-corrected chi connectivity index (χ4v) is 5.06. The third kappa shape index (κ3) is 4.13. The number of piperidine rings is 1. The number of aryl methyl sites for hydroxylation is 2. The predicted octanol–water partition coefficient (Wildman–Crippen LogP) is 1.60.